The molecule has 2 aromatic rings. The molecule has 0 aromatic heterocycles. The summed E-state index contributed by atoms with van der Waals surface area (Å²) in [4.78, 5) is 12.0. The van der Waals surface area contributed by atoms with Crippen molar-refractivity contribution in [2.45, 2.75) is 6.42 Å². The minimum atomic E-state index is 0.218. The number of allylic oxidation sites excluding steroid dienone is 1. The monoisotopic (exact) mass is 220 g/mol. The zero-order valence-electron chi connectivity index (χ0n) is 9.39. The molecule has 0 saturated heterocycles. The van der Waals surface area contributed by atoms with Gasteiger partial charge in [-0.15, -0.1) is 0 Å². The lowest BCUT2D eigenvalue weighted by molar-refractivity contribution is -0.112. The molecule has 0 fully saturated rings. The molecule has 1 nitrogen and oxygen atoms in total. The zero-order valence-corrected chi connectivity index (χ0v) is 9.39. The summed E-state index contributed by atoms with van der Waals surface area (Å²) in [6.45, 7) is 0. The van der Waals surface area contributed by atoms with E-state index in [1.54, 1.807) is 0 Å². The van der Waals surface area contributed by atoms with E-state index in [1.165, 1.54) is 0 Å². The van der Waals surface area contributed by atoms with Gasteiger partial charge < -0.3 is 0 Å². The molecule has 82 valence electrons. The van der Waals surface area contributed by atoms with Crippen LogP contribution in [0.1, 0.15) is 16.7 Å². The maximum absolute atomic E-state index is 12.0. The fraction of sp³-hybridized carbons (Fsp3) is 0.0625. The minimum Gasteiger partial charge on any atom is -0.294 e. The molecular formula is C16H12O. The van der Waals surface area contributed by atoms with Crippen molar-refractivity contribution in [2.24, 2.45) is 0 Å². The third-order valence-electron chi connectivity index (χ3n) is 3.07. The van der Waals surface area contributed by atoms with Crippen LogP contribution in [-0.2, 0) is 11.2 Å². The van der Waals surface area contributed by atoms with Gasteiger partial charge in [0, 0.05) is 12.0 Å². The van der Waals surface area contributed by atoms with Crippen molar-refractivity contribution in [1.29, 1.82) is 0 Å². The van der Waals surface area contributed by atoms with E-state index in [-0.39, 0.29) is 5.78 Å². The van der Waals surface area contributed by atoms with Crippen LogP contribution in [-0.4, -0.2) is 5.78 Å². The van der Waals surface area contributed by atoms with Gasteiger partial charge in [-0.2, -0.15) is 0 Å². The largest absolute Gasteiger partial charge is 0.294 e. The van der Waals surface area contributed by atoms with Gasteiger partial charge in [-0.1, -0.05) is 54.6 Å². The van der Waals surface area contributed by atoms with E-state index in [0.717, 1.165) is 22.3 Å². The number of Topliss-reactive ketones (excluding diaryl/α,β-unsaturated/α-hetero) is 1. The summed E-state index contributed by atoms with van der Waals surface area (Å²) in [5.74, 6) is 0.218. The molecule has 0 radical (unpaired) electrons. The lowest BCUT2D eigenvalue weighted by Gasteiger charge is -1.99. The second-order valence-corrected chi connectivity index (χ2v) is 4.23. The molecule has 1 aliphatic carbocycles. The standard InChI is InChI=1S/C16H12O/c17-16-11-13-8-4-5-9-14(13)15(16)10-12-6-2-1-3-7-12/h1-10H,11H2/b15-10+. The van der Waals surface area contributed by atoms with E-state index in [9.17, 15) is 4.79 Å². The normalized spacial score (nSPS) is 16.2. The second kappa shape index (κ2) is 4.02. The van der Waals surface area contributed by atoms with Crippen LogP contribution < -0.4 is 0 Å². The Hall–Kier alpha value is -2.15. The Morgan fingerprint density at radius 2 is 1.59 bits per heavy atom. The van der Waals surface area contributed by atoms with Crippen LogP contribution >= 0.6 is 0 Å². The van der Waals surface area contributed by atoms with Crippen molar-refractivity contribution in [3.63, 3.8) is 0 Å². The van der Waals surface area contributed by atoms with Gasteiger partial charge in [-0.3, -0.25) is 4.79 Å². The van der Waals surface area contributed by atoms with Gasteiger partial charge >= 0.3 is 0 Å². The molecule has 0 saturated carbocycles. The van der Waals surface area contributed by atoms with Crippen molar-refractivity contribution in [1.82, 2.24) is 0 Å². The van der Waals surface area contributed by atoms with E-state index in [0.29, 0.717) is 6.42 Å². The number of rotatable bonds is 1. The Labute approximate surface area is 100 Å². The molecule has 0 heterocycles. The average molecular weight is 220 g/mol. The summed E-state index contributed by atoms with van der Waals surface area (Å²) < 4.78 is 0. The first kappa shape index (κ1) is 10.0. The first-order valence-corrected chi connectivity index (χ1v) is 5.73. The highest BCUT2D eigenvalue weighted by molar-refractivity contribution is 6.29. The first-order chi connectivity index (χ1) is 8.34. The summed E-state index contributed by atoms with van der Waals surface area (Å²) in [5.41, 5.74) is 4.14. The lowest BCUT2D eigenvalue weighted by Crippen LogP contribution is -1.93. The van der Waals surface area contributed by atoms with Crippen LogP contribution in [0.15, 0.2) is 54.6 Å². The van der Waals surface area contributed by atoms with Gasteiger partial charge in [-0.05, 0) is 22.8 Å². The van der Waals surface area contributed by atoms with Crippen molar-refractivity contribution in [3.8, 4) is 0 Å². The van der Waals surface area contributed by atoms with Crippen LogP contribution in [0.3, 0.4) is 0 Å². The zero-order chi connectivity index (χ0) is 11.7. The number of fused-ring (bicyclic) bond motifs is 1. The van der Waals surface area contributed by atoms with Gasteiger partial charge in [-0.25, -0.2) is 0 Å². The molecule has 1 heteroatoms. The number of carbonyl (C=O) groups excluding carboxylic acids is 1. The molecule has 0 unspecified atom stereocenters. The second-order valence-electron chi connectivity index (χ2n) is 4.23. The predicted molar refractivity (Wildman–Crippen MR) is 69.5 cm³/mol. The summed E-state index contributed by atoms with van der Waals surface area (Å²) in [6, 6.07) is 18.0. The van der Waals surface area contributed by atoms with E-state index < -0.39 is 0 Å². The third-order valence-corrected chi connectivity index (χ3v) is 3.07. The first-order valence-electron chi connectivity index (χ1n) is 5.73. The number of hydrogen-bond acceptors (Lipinski definition) is 1. The van der Waals surface area contributed by atoms with Gasteiger partial charge in [0.2, 0.25) is 0 Å². The molecule has 0 amide bonds. The van der Waals surface area contributed by atoms with Crippen molar-refractivity contribution in [2.75, 3.05) is 0 Å². The van der Waals surface area contributed by atoms with Gasteiger partial charge in [0.05, 0.1) is 0 Å². The molecule has 0 atom stereocenters. The number of ketones is 1. The third kappa shape index (κ3) is 1.80. The smallest absolute Gasteiger partial charge is 0.167 e. The highest BCUT2D eigenvalue weighted by atomic mass is 16.1. The highest BCUT2D eigenvalue weighted by Crippen LogP contribution is 2.30. The number of carbonyl (C=O) groups is 1. The van der Waals surface area contributed by atoms with Crippen molar-refractivity contribution in [3.05, 3.63) is 71.3 Å². The summed E-state index contributed by atoms with van der Waals surface area (Å²) in [5, 5.41) is 0. The van der Waals surface area contributed by atoms with Crippen molar-refractivity contribution < 1.29 is 4.79 Å². The Kier molecular flexibility index (Phi) is 2.37. The Morgan fingerprint density at radius 3 is 2.41 bits per heavy atom. The highest BCUT2D eigenvalue weighted by Gasteiger charge is 2.23. The summed E-state index contributed by atoms with van der Waals surface area (Å²) in [6.07, 6.45) is 2.52. The van der Waals surface area contributed by atoms with Crippen LogP contribution in [0.25, 0.3) is 11.6 Å². The molecular weight excluding hydrogens is 208 g/mol. The van der Waals surface area contributed by atoms with E-state index >= 15 is 0 Å². The topological polar surface area (TPSA) is 17.1 Å². The maximum atomic E-state index is 12.0. The van der Waals surface area contributed by atoms with Crippen LogP contribution in [0, 0.1) is 0 Å². The Balaban J connectivity index is 2.10. The number of hydrogen-bond donors (Lipinski definition) is 0. The fourth-order valence-electron chi connectivity index (χ4n) is 2.23. The van der Waals surface area contributed by atoms with Gasteiger partial charge in [0.1, 0.15) is 0 Å². The molecule has 0 N–H and O–H groups in total. The minimum absolute atomic E-state index is 0.218. The van der Waals surface area contributed by atoms with Gasteiger partial charge in [0.25, 0.3) is 0 Å². The maximum Gasteiger partial charge on any atom is 0.167 e. The SMILES string of the molecule is O=C1Cc2ccccc2/C1=C\c1ccccc1. The van der Waals surface area contributed by atoms with Crippen LogP contribution in [0.5, 0.6) is 0 Å². The Bertz CT molecular complexity index is 594. The molecule has 2 aromatic carbocycles. The quantitative estimate of drug-likeness (QED) is 0.673. The molecule has 1 aliphatic rings. The van der Waals surface area contributed by atoms with E-state index in [4.69, 9.17) is 0 Å². The summed E-state index contributed by atoms with van der Waals surface area (Å²) in [7, 11) is 0. The molecule has 0 aliphatic heterocycles. The van der Waals surface area contributed by atoms with Crippen LogP contribution in [0.2, 0.25) is 0 Å². The van der Waals surface area contributed by atoms with Crippen LogP contribution in [0.4, 0.5) is 0 Å². The predicted octanol–water partition coefficient (Wildman–Crippen LogP) is 3.35. The molecule has 3 rings (SSSR count). The van der Waals surface area contributed by atoms with Crippen molar-refractivity contribution >= 4 is 17.4 Å². The van der Waals surface area contributed by atoms with E-state index in [2.05, 4.69) is 0 Å². The van der Waals surface area contributed by atoms with Gasteiger partial charge in [0.15, 0.2) is 5.78 Å². The average Bonchev–Trinajstić information content (AvgIpc) is 2.68. The molecule has 17 heavy (non-hydrogen) atoms. The van der Waals surface area contributed by atoms with E-state index in [1.807, 2.05) is 60.7 Å². The Morgan fingerprint density at radius 1 is 0.882 bits per heavy atom. The lowest BCUT2D eigenvalue weighted by atomic mass is 10.0. The summed E-state index contributed by atoms with van der Waals surface area (Å²) >= 11 is 0. The number of benzene rings is 2. The molecule has 0 spiro atoms. The fourth-order valence-corrected chi connectivity index (χ4v) is 2.23. The molecule has 0 bridgehead atoms.